The van der Waals surface area contributed by atoms with E-state index in [4.69, 9.17) is 5.11 Å². The van der Waals surface area contributed by atoms with Crippen LogP contribution in [0.15, 0.2) is 54.7 Å². The van der Waals surface area contributed by atoms with Gasteiger partial charge in [-0.1, -0.05) is 18.2 Å². The summed E-state index contributed by atoms with van der Waals surface area (Å²) in [5, 5.41) is 12.1. The summed E-state index contributed by atoms with van der Waals surface area (Å²) in [6.45, 7) is 2.72. The standard InChI is InChI=1S/C29H30F4N4O2/c30-24-4-5-25-23(27(24)28(39)35-22-7-11-36(12-8-22)14-15-38)9-13-37(25)26-18-20(6-10-34-26)16-19-2-1-3-21(17-19)29(31,32)33/h1-6,10,17-18,22,38H,7-9,11-16H2,(H,35,39). The topological polar surface area (TPSA) is 68.7 Å². The Morgan fingerprint density at radius 1 is 1.05 bits per heavy atom. The van der Waals surface area contributed by atoms with Gasteiger partial charge in [0.1, 0.15) is 11.6 Å². The third-order valence-corrected chi connectivity index (χ3v) is 7.43. The van der Waals surface area contributed by atoms with Crippen LogP contribution >= 0.6 is 0 Å². The molecule has 2 aromatic carbocycles. The second kappa shape index (κ2) is 11.3. The number of β-amino-alcohol motifs (C(OH)–C–C–N with tert-alkyl or cyclic N) is 1. The van der Waals surface area contributed by atoms with Crippen LogP contribution in [0.25, 0.3) is 0 Å². The fraction of sp³-hybridized carbons (Fsp3) is 0.379. The maximum atomic E-state index is 15.0. The Balaban J connectivity index is 1.33. The van der Waals surface area contributed by atoms with E-state index in [1.807, 2.05) is 11.0 Å². The zero-order valence-electron chi connectivity index (χ0n) is 21.3. The summed E-state index contributed by atoms with van der Waals surface area (Å²) in [5.74, 6) is -0.414. The maximum absolute atomic E-state index is 15.0. The minimum absolute atomic E-state index is 0.0490. The van der Waals surface area contributed by atoms with E-state index in [1.165, 1.54) is 12.1 Å². The summed E-state index contributed by atoms with van der Waals surface area (Å²) in [6, 6.07) is 11.7. The molecule has 39 heavy (non-hydrogen) atoms. The quantitative estimate of drug-likeness (QED) is 0.424. The average molecular weight is 543 g/mol. The lowest BCUT2D eigenvalue weighted by molar-refractivity contribution is -0.137. The van der Waals surface area contributed by atoms with E-state index in [0.717, 1.165) is 43.6 Å². The predicted octanol–water partition coefficient (Wildman–Crippen LogP) is 4.71. The number of hydrogen-bond donors (Lipinski definition) is 2. The van der Waals surface area contributed by atoms with Crippen molar-refractivity contribution in [3.63, 3.8) is 0 Å². The van der Waals surface area contributed by atoms with Gasteiger partial charge >= 0.3 is 6.18 Å². The van der Waals surface area contributed by atoms with Crippen molar-refractivity contribution in [3.05, 3.63) is 88.4 Å². The molecule has 0 unspecified atom stereocenters. The molecule has 5 rings (SSSR count). The van der Waals surface area contributed by atoms with Gasteiger partial charge in [-0.05, 0) is 72.7 Å². The molecule has 10 heteroatoms. The second-order valence-electron chi connectivity index (χ2n) is 10.0. The second-order valence-corrected chi connectivity index (χ2v) is 10.0. The van der Waals surface area contributed by atoms with Gasteiger partial charge in [-0.2, -0.15) is 13.2 Å². The lowest BCUT2D eigenvalue weighted by Gasteiger charge is -2.32. The molecule has 3 heterocycles. The molecule has 0 atom stereocenters. The smallest absolute Gasteiger partial charge is 0.395 e. The van der Waals surface area contributed by atoms with Crippen molar-refractivity contribution < 1.29 is 27.5 Å². The summed E-state index contributed by atoms with van der Waals surface area (Å²) in [5.41, 5.74) is 2.00. The number of amides is 1. The molecule has 2 N–H and O–H groups in total. The van der Waals surface area contributed by atoms with Gasteiger partial charge in [0.25, 0.3) is 5.91 Å². The molecule has 1 amide bonds. The first-order valence-corrected chi connectivity index (χ1v) is 13.1. The van der Waals surface area contributed by atoms with Gasteiger partial charge in [-0.25, -0.2) is 9.37 Å². The van der Waals surface area contributed by atoms with Crippen LogP contribution in [0.4, 0.5) is 29.1 Å². The average Bonchev–Trinajstić information content (AvgIpc) is 3.34. The third-order valence-electron chi connectivity index (χ3n) is 7.43. The Bertz CT molecular complexity index is 1340. The highest BCUT2D eigenvalue weighted by atomic mass is 19.4. The number of rotatable bonds is 7. The number of carbonyl (C=O) groups excluding carboxylic acids is 1. The number of nitrogens with one attached hydrogen (secondary N) is 1. The van der Waals surface area contributed by atoms with Crippen molar-refractivity contribution in [2.45, 2.75) is 37.9 Å². The Morgan fingerprint density at radius 2 is 1.82 bits per heavy atom. The van der Waals surface area contributed by atoms with Crippen molar-refractivity contribution >= 4 is 17.4 Å². The van der Waals surface area contributed by atoms with Crippen LogP contribution in [-0.2, 0) is 19.0 Å². The minimum atomic E-state index is -4.41. The Hall–Kier alpha value is -3.50. The summed E-state index contributed by atoms with van der Waals surface area (Å²) >= 11 is 0. The molecule has 1 aromatic heterocycles. The van der Waals surface area contributed by atoms with Crippen molar-refractivity contribution in [2.75, 3.05) is 37.7 Å². The number of alkyl halides is 3. The molecule has 0 saturated carbocycles. The van der Waals surface area contributed by atoms with Crippen LogP contribution < -0.4 is 10.2 Å². The number of carbonyl (C=O) groups is 1. The number of benzene rings is 2. The number of nitrogens with zero attached hydrogens (tertiary/aromatic N) is 3. The molecule has 3 aromatic rings. The number of fused-ring (bicyclic) bond motifs is 1. The molecule has 206 valence electrons. The van der Waals surface area contributed by atoms with Gasteiger partial charge in [0.05, 0.1) is 17.7 Å². The number of aromatic nitrogens is 1. The number of piperidine rings is 1. The fourth-order valence-electron chi connectivity index (χ4n) is 5.45. The van der Waals surface area contributed by atoms with Crippen LogP contribution in [0.2, 0.25) is 0 Å². The van der Waals surface area contributed by atoms with Crippen LogP contribution in [0.5, 0.6) is 0 Å². The van der Waals surface area contributed by atoms with Gasteiger partial charge in [-0.15, -0.1) is 0 Å². The Kier molecular flexibility index (Phi) is 7.86. The van der Waals surface area contributed by atoms with E-state index in [0.29, 0.717) is 48.6 Å². The molecule has 1 fully saturated rings. The normalized spacial score (nSPS) is 16.4. The van der Waals surface area contributed by atoms with Gasteiger partial charge < -0.3 is 20.2 Å². The summed E-state index contributed by atoms with van der Waals surface area (Å²) < 4.78 is 54.3. The molecular formula is C29H30F4N4O2. The fourth-order valence-corrected chi connectivity index (χ4v) is 5.45. The Labute approximate surface area is 224 Å². The maximum Gasteiger partial charge on any atom is 0.416 e. The van der Waals surface area contributed by atoms with Gasteiger partial charge in [0, 0.05) is 44.1 Å². The largest absolute Gasteiger partial charge is 0.416 e. The molecule has 0 bridgehead atoms. The monoisotopic (exact) mass is 542 g/mol. The summed E-state index contributed by atoms with van der Waals surface area (Å²) in [7, 11) is 0. The van der Waals surface area contributed by atoms with E-state index in [9.17, 15) is 22.4 Å². The lowest BCUT2D eigenvalue weighted by atomic mass is 10.0. The van der Waals surface area contributed by atoms with Crippen molar-refractivity contribution in [3.8, 4) is 0 Å². The molecule has 2 aliphatic rings. The van der Waals surface area contributed by atoms with Crippen molar-refractivity contribution in [1.82, 2.24) is 15.2 Å². The number of aliphatic hydroxyl groups excluding tert-OH is 1. The molecule has 0 aliphatic carbocycles. The first-order chi connectivity index (χ1) is 18.7. The van der Waals surface area contributed by atoms with E-state index >= 15 is 0 Å². The van der Waals surface area contributed by atoms with Crippen LogP contribution in [0, 0.1) is 5.82 Å². The predicted molar refractivity (Wildman–Crippen MR) is 140 cm³/mol. The zero-order chi connectivity index (χ0) is 27.6. The number of aliphatic hydroxyl groups is 1. The first-order valence-electron chi connectivity index (χ1n) is 13.1. The zero-order valence-corrected chi connectivity index (χ0v) is 21.3. The number of anilines is 2. The lowest BCUT2D eigenvalue weighted by Crippen LogP contribution is -2.45. The molecule has 0 radical (unpaired) electrons. The highest BCUT2D eigenvalue weighted by molar-refractivity contribution is 5.98. The highest BCUT2D eigenvalue weighted by Crippen LogP contribution is 2.37. The van der Waals surface area contributed by atoms with E-state index in [1.54, 1.807) is 24.4 Å². The molecule has 2 aliphatic heterocycles. The van der Waals surface area contributed by atoms with Crippen molar-refractivity contribution in [1.29, 1.82) is 0 Å². The van der Waals surface area contributed by atoms with Gasteiger partial charge in [0.15, 0.2) is 0 Å². The van der Waals surface area contributed by atoms with Gasteiger partial charge in [0.2, 0.25) is 0 Å². The van der Waals surface area contributed by atoms with Gasteiger partial charge in [-0.3, -0.25) is 4.79 Å². The molecular weight excluding hydrogens is 512 g/mol. The molecule has 0 spiro atoms. The van der Waals surface area contributed by atoms with Crippen molar-refractivity contribution in [2.24, 2.45) is 0 Å². The first kappa shape index (κ1) is 27.1. The number of hydrogen-bond acceptors (Lipinski definition) is 5. The van der Waals surface area contributed by atoms with E-state index < -0.39 is 23.5 Å². The summed E-state index contributed by atoms with van der Waals surface area (Å²) in [4.78, 5) is 21.7. The Morgan fingerprint density at radius 3 is 2.56 bits per heavy atom. The molecule has 1 saturated heterocycles. The van der Waals surface area contributed by atoms with Crippen LogP contribution in [0.3, 0.4) is 0 Å². The van der Waals surface area contributed by atoms with E-state index in [2.05, 4.69) is 15.2 Å². The number of halogens is 4. The van der Waals surface area contributed by atoms with E-state index in [-0.39, 0.29) is 18.2 Å². The van der Waals surface area contributed by atoms with Crippen LogP contribution in [-0.4, -0.2) is 59.7 Å². The number of pyridine rings is 1. The minimum Gasteiger partial charge on any atom is -0.395 e. The molecule has 6 nitrogen and oxygen atoms in total. The SMILES string of the molecule is O=C(NC1CCN(CCO)CC1)c1c(F)ccc2c1CCN2c1cc(Cc2cccc(C(F)(F)F)c2)ccn1. The highest BCUT2D eigenvalue weighted by Gasteiger charge is 2.31. The number of likely N-dealkylation sites (tertiary alicyclic amines) is 1. The van der Waals surface area contributed by atoms with Crippen LogP contribution in [0.1, 0.15) is 45.5 Å². The third kappa shape index (κ3) is 6.07. The summed E-state index contributed by atoms with van der Waals surface area (Å²) in [6.07, 6.45) is -0.571.